The highest BCUT2D eigenvalue weighted by Crippen LogP contribution is 2.16. The average molecular weight is 292 g/mol. The molecule has 110 valence electrons. The number of fused-ring (bicyclic) bond motifs is 1. The molecule has 0 saturated carbocycles. The summed E-state index contributed by atoms with van der Waals surface area (Å²) in [5.41, 5.74) is 0.125. The predicted octanol–water partition coefficient (Wildman–Crippen LogP) is 3.48. The minimum atomic E-state index is 0.125. The molecule has 0 spiro atoms. The number of rotatable bonds is 7. The van der Waals surface area contributed by atoms with E-state index in [1.54, 1.807) is 15.9 Å². The van der Waals surface area contributed by atoms with Gasteiger partial charge in [-0.3, -0.25) is 4.79 Å². The molecule has 3 nitrogen and oxygen atoms in total. The Morgan fingerprint density at radius 1 is 1.25 bits per heavy atom. The van der Waals surface area contributed by atoms with Gasteiger partial charge in [0.25, 0.3) is 5.56 Å². The van der Waals surface area contributed by atoms with Gasteiger partial charge in [-0.1, -0.05) is 13.8 Å². The third-order valence-corrected chi connectivity index (χ3v) is 4.50. The molecule has 0 aliphatic heterocycles. The Labute approximate surface area is 124 Å². The number of nitrogens with zero attached hydrogens (tertiary/aromatic N) is 1. The summed E-state index contributed by atoms with van der Waals surface area (Å²) in [7, 11) is 0. The number of nitrogens with one attached hydrogen (secondary N) is 1. The van der Waals surface area contributed by atoms with Crippen LogP contribution in [-0.4, -0.2) is 17.2 Å². The van der Waals surface area contributed by atoms with Crippen molar-refractivity contribution >= 4 is 21.4 Å². The first-order valence-corrected chi connectivity index (χ1v) is 8.26. The zero-order chi connectivity index (χ0) is 14.5. The SMILES string of the molecule is CC(C)CCC(C)NCCn1ccc2sccc2c1=O. The normalized spacial score (nSPS) is 13.2. The van der Waals surface area contributed by atoms with E-state index in [4.69, 9.17) is 0 Å². The second-order valence-electron chi connectivity index (χ2n) is 5.84. The molecule has 0 fully saturated rings. The number of pyridine rings is 1. The van der Waals surface area contributed by atoms with Crippen molar-refractivity contribution in [2.45, 2.75) is 46.2 Å². The first-order valence-electron chi connectivity index (χ1n) is 7.38. The highest BCUT2D eigenvalue weighted by Gasteiger charge is 2.05. The van der Waals surface area contributed by atoms with E-state index in [9.17, 15) is 4.79 Å². The lowest BCUT2D eigenvalue weighted by atomic mass is 10.0. The summed E-state index contributed by atoms with van der Waals surface area (Å²) in [5, 5.41) is 6.31. The standard InChI is InChI=1S/C16H24N2OS/c1-12(2)4-5-13(3)17-8-10-18-9-6-15-14(16(18)19)7-11-20-15/h6-7,9,11-13,17H,4-5,8,10H2,1-3H3. The molecule has 0 aromatic carbocycles. The van der Waals surface area contributed by atoms with Gasteiger partial charge in [0.05, 0.1) is 5.39 Å². The Hall–Kier alpha value is -1.13. The summed E-state index contributed by atoms with van der Waals surface area (Å²) >= 11 is 1.62. The minimum Gasteiger partial charge on any atom is -0.314 e. The van der Waals surface area contributed by atoms with Crippen molar-refractivity contribution < 1.29 is 0 Å². The fourth-order valence-corrected chi connectivity index (χ4v) is 3.07. The summed E-state index contributed by atoms with van der Waals surface area (Å²) in [6.45, 7) is 8.30. The van der Waals surface area contributed by atoms with E-state index in [0.29, 0.717) is 6.04 Å². The van der Waals surface area contributed by atoms with Gasteiger partial charge in [-0.05, 0) is 43.2 Å². The number of thiophene rings is 1. The van der Waals surface area contributed by atoms with Gasteiger partial charge >= 0.3 is 0 Å². The second kappa shape index (κ2) is 7.04. The molecule has 2 heterocycles. The van der Waals surface area contributed by atoms with Crippen LogP contribution in [0.2, 0.25) is 0 Å². The fourth-order valence-electron chi connectivity index (χ4n) is 2.30. The number of hydrogen-bond acceptors (Lipinski definition) is 3. The largest absolute Gasteiger partial charge is 0.314 e. The first-order chi connectivity index (χ1) is 9.58. The molecule has 0 radical (unpaired) electrons. The van der Waals surface area contributed by atoms with Gasteiger partial charge in [-0.25, -0.2) is 0 Å². The van der Waals surface area contributed by atoms with Crippen molar-refractivity contribution in [3.8, 4) is 0 Å². The number of aromatic nitrogens is 1. The third kappa shape index (κ3) is 3.93. The van der Waals surface area contributed by atoms with Crippen LogP contribution in [0, 0.1) is 5.92 Å². The Kier molecular flexibility index (Phi) is 5.38. The van der Waals surface area contributed by atoms with Gasteiger partial charge in [-0.2, -0.15) is 0 Å². The Morgan fingerprint density at radius 3 is 2.80 bits per heavy atom. The van der Waals surface area contributed by atoms with E-state index < -0.39 is 0 Å². The molecule has 2 aromatic heterocycles. The number of hydrogen-bond donors (Lipinski definition) is 1. The smallest absolute Gasteiger partial charge is 0.259 e. The summed E-state index contributed by atoms with van der Waals surface area (Å²) in [5.74, 6) is 0.753. The second-order valence-corrected chi connectivity index (χ2v) is 6.79. The van der Waals surface area contributed by atoms with Crippen LogP contribution in [0.25, 0.3) is 10.1 Å². The zero-order valence-corrected chi connectivity index (χ0v) is 13.4. The Morgan fingerprint density at radius 2 is 2.05 bits per heavy atom. The van der Waals surface area contributed by atoms with Crippen LogP contribution >= 0.6 is 11.3 Å². The minimum absolute atomic E-state index is 0.125. The van der Waals surface area contributed by atoms with E-state index in [2.05, 4.69) is 26.1 Å². The molecular weight excluding hydrogens is 268 g/mol. The van der Waals surface area contributed by atoms with Crippen LogP contribution in [0.3, 0.4) is 0 Å². The van der Waals surface area contributed by atoms with Crippen LogP contribution < -0.4 is 10.9 Å². The molecule has 0 saturated heterocycles. The lowest BCUT2D eigenvalue weighted by Gasteiger charge is -2.15. The molecule has 2 rings (SSSR count). The van der Waals surface area contributed by atoms with Gasteiger partial charge in [-0.15, -0.1) is 11.3 Å². The van der Waals surface area contributed by atoms with Crippen LogP contribution in [0.1, 0.15) is 33.6 Å². The maximum Gasteiger partial charge on any atom is 0.259 e. The molecule has 1 N–H and O–H groups in total. The molecule has 2 aromatic rings. The van der Waals surface area contributed by atoms with Gasteiger partial charge in [0, 0.05) is 30.0 Å². The highest BCUT2D eigenvalue weighted by atomic mass is 32.1. The quantitative estimate of drug-likeness (QED) is 0.848. The van der Waals surface area contributed by atoms with Crippen molar-refractivity contribution in [3.05, 3.63) is 34.1 Å². The topological polar surface area (TPSA) is 34.0 Å². The van der Waals surface area contributed by atoms with E-state index in [1.165, 1.54) is 12.8 Å². The van der Waals surface area contributed by atoms with E-state index in [-0.39, 0.29) is 5.56 Å². The van der Waals surface area contributed by atoms with Crippen LogP contribution in [-0.2, 0) is 6.54 Å². The summed E-state index contributed by atoms with van der Waals surface area (Å²) in [4.78, 5) is 12.2. The fraction of sp³-hybridized carbons (Fsp3) is 0.562. The predicted molar refractivity (Wildman–Crippen MR) is 87.6 cm³/mol. The Balaban J connectivity index is 1.86. The molecule has 0 bridgehead atoms. The van der Waals surface area contributed by atoms with Crippen molar-refractivity contribution in [1.82, 2.24) is 9.88 Å². The van der Waals surface area contributed by atoms with Gasteiger partial charge < -0.3 is 9.88 Å². The summed E-state index contributed by atoms with van der Waals surface area (Å²) in [6.07, 6.45) is 4.34. The van der Waals surface area contributed by atoms with E-state index >= 15 is 0 Å². The molecule has 1 atom stereocenters. The Bertz CT molecular complexity index is 600. The first kappa shape index (κ1) is 15.3. The monoisotopic (exact) mass is 292 g/mol. The van der Waals surface area contributed by atoms with Crippen LogP contribution in [0.4, 0.5) is 0 Å². The molecule has 0 amide bonds. The van der Waals surface area contributed by atoms with Crippen molar-refractivity contribution in [1.29, 1.82) is 0 Å². The maximum atomic E-state index is 12.2. The third-order valence-electron chi connectivity index (χ3n) is 3.61. The molecular formula is C16H24N2OS. The average Bonchev–Trinajstić information content (AvgIpc) is 2.88. The lowest BCUT2D eigenvalue weighted by molar-refractivity contribution is 0.440. The van der Waals surface area contributed by atoms with Gasteiger partial charge in [0.15, 0.2) is 0 Å². The molecule has 0 aliphatic carbocycles. The van der Waals surface area contributed by atoms with E-state index in [0.717, 1.165) is 29.1 Å². The van der Waals surface area contributed by atoms with Crippen molar-refractivity contribution in [2.24, 2.45) is 5.92 Å². The molecule has 20 heavy (non-hydrogen) atoms. The summed E-state index contributed by atoms with van der Waals surface area (Å²) < 4.78 is 2.88. The van der Waals surface area contributed by atoms with Gasteiger partial charge in [0.1, 0.15) is 0 Å². The van der Waals surface area contributed by atoms with Crippen molar-refractivity contribution in [3.63, 3.8) is 0 Å². The van der Waals surface area contributed by atoms with Gasteiger partial charge in [0.2, 0.25) is 0 Å². The zero-order valence-electron chi connectivity index (χ0n) is 12.6. The van der Waals surface area contributed by atoms with Crippen LogP contribution in [0.15, 0.2) is 28.5 Å². The molecule has 1 unspecified atom stereocenters. The van der Waals surface area contributed by atoms with E-state index in [1.807, 2.05) is 23.7 Å². The molecule has 0 aliphatic rings. The summed E-state index contributed by atoms with van der Waals surface area (Å²) in [6, 6.07) is 4.46. The highest BCUT2D eigenvalue weighted by molar-refractivity contribution is 7.17. The van der Waals surface area contributed by atoms with Crippen molar-refractivity contribution in [2.75, 3.05) is 6.54 Å². The van der Waals surface area contributed by atoms with Crippen LogP contribution in [0.5, 0.6) is 0 Å². The molecule has 4 heteroatoms. The lowest BCUT2D eigenvalue weighted by Crippen LogP contribution is -2.32. The maximum absolute atomic E-state index is 12.2.